The number of urea groups is 1. The number of benzene rings is 2. The fourth-order valence-corrected chi connectivity index (χ4v) is 3.09. The minimum atomic E-state index is -0.278. The zero-order valence-electron chi connectivity index (χ0n) is 13.9. The van der Waals surface area contributed by atoms with Crippen LogP contribution in [-0.4, -0.2) is 54.5 Å². The number of nitrogens with one attached hydrogen (secondary N) is 1. The third-order valence-corrected chi connectivity index (χ3v) is 4.36. The van der Waals surface area contributed by atoms with Gasteiger partial charge in [-0.1, -0.05) is 42.5 Å². The van der Waals surface area contributed by atoms with Crippen LogP contribution in [0.25, 0.3) is 10.8 Å². The van der Waals surface area contributed by atoms with E-state index in [4.69, 9.17) is 4.74 Å². The zero-order chi connectivity index (χ0) is 16.9. The van der Waals surface area contributed by atoms with E-state index in [2.05, 4.69) is 35.6 Å². The first-order chi connectivity index (χ1) is 11.7. The molecule has 1 fully saturated rings. The third-order valence-electron chi connectivity index (χ3n) is 4.36. The van der Waals surface area contributed by atoms with Gasteiger partial charge in [-0.05, 0) is 29.7 Å². The van der Waals surface area contributed by atoms with Crippen molar-refractivity contribution in [3.8, 4) is 0 Å². The topological polar surface area (TPSA) is 61.8 Å². The molecule has 3 rings (SSSR count). The van der Waals surface area contributed by atoms with Crippen molar-refractivity contribution < 1.29 is 14.6 Å². The maximum atomic E-state index is 12.4. The zero-order valence-corrected chi connectivity index (χ0v) is 13.9. The highest BCUT2D eigenvalue weighted by atomic mass is 16.5. The van der Waals surface area contributed by atoms with Gasteiger partial charge in [0.1, 0.15) is 0 Å². The highest BCUT2D eigenvalue weighted by Gasteiger charge is 2.24. The summed E-state index contributed by atoms with van der Waals surface area (Å²) in [5.74, 6) is 0. The summed E-state index contributed by atoms with van der Waals surface area (Å²) >= 11 is 0. The number of fused-ring (bicyclic) bond motifs is 1. The molecular formula is C19H24N2O3. The Hall–Kier alpha value is -2.11. The van der Waals surface area contributed by atoms with Crippen LogP contribution in [0.15, 0.2) is 42.5 Å². The molecule has 0 aromatic heterocycles. The van der Waals surface area contributed by atoms with Gasteiger partial charge in [-0.25, -0.2) is 4.79 Å². The predicted octanol–water partition coefficient (Wildman–Crippen LogP) is 2.17. The van der Waals surface area contributed by atoms with Crippen molar-refractivity contribution in [1.29, 1.82) is 0 Å². The molecule has 1 heterocycles. The fourth-order valence-electron chi connectivity index (χ4n) is 3.09. The summed E-state index contributed by atoms with van der Waals surface area (Å²) in [6, 6.07) is 14.6. The second-order valence-corrected chi connectivity index (χ2v) is 6.36. The number of hydrogen-bond acceptors (Lipinski definition) is 3. The van der Waals surface area contributed by atoms with Crippen molar-refractivity contribution in [2.24, 2.45) is 0 Å². The van der Waals surface area contributed by atoms with Crippen molar-refractivity contribution in [3.63, 3.8) is 0 Å². The van der Waals surface area contributed by atoms with E-state index in [9.17, 15) is 9.90 Å². The van der Waals surface area contributed by atoms with Gasteiger partial charge in [0.2, 0.25) is 0 Å². The maximum Gasteiger partial charge on any atom is 0.317 e. The summed E-state index contributed by atoms with van der Waals surface area (Å²) in [6.07, 6.45) is 0.505. The molecule has 0 bridgehead atoms. The fraction of sp³-hybridized carbons (Fsp3) is 0.421. The highest BCUT2D eigenvalue weighted by molar-refractivity contribution is 5.83. The Kier molecular flexibility index (Phi) is 5.33. The molecule has 24 heavy (non-hydrogen) atoms. The first-order valence-electron chi connectivity index (χ1n) is 8.41. The number of rotatable bonds is 4. The van der Waals surface area contributed by atoms with Crippen LogP contribution in [-0.2, 0) is 11.2 Å². The minimum Gasteiger partial charge on any atom is -0.394 e. The van der Waals surface area contributed by atoms with Gasteiger partial charge in [-0.15, -0.1) is 0 Å². The average molecular weight is 328 g/mol. The molecule has 2 N–H and O–H groups in total. The van der Waals surface area contributed by atoms with Crippen molar-refractivity contribution in [2.75, 3.05) is 26.3 Å². The molecule has 2 atom stereocenters. The predicted molar refractivity (Wildman–Crippen MR) is 94.0 cm³/mol. The second-order valence-electron chi connectivity index (χ2n) is 6.36. The van der Waals surface area contributed by atoms with E-state index in [-0.39, 0.29) is 24.8 Å². The number of hydrogen-bond donors (Lipinski definition) is 2. The van der Waals surface area contributed by atoms with Crippen LogP contribution in [0.1, 0.15) is 12.5 Å². The Labute approximate surface area is 142 Å². The normalized spacial score (nSPS) is 19.2. The highest BCUT2D eigenvalue weighted by Crippen LogP contribution is 2.16. The first kappa shape index (κ1) is 16.7. The van der Waals surface area contributed by atoms with Crippen molar-refractivity contribution in [3.05, 3.63) is 48.0 Å². The molecule has 2 aromatic carbocycles. The molecule has 1 aliphatic rings. The van der Waals surface area contributed by atoms with E-state index in [0.717, 1.165) is 6.42 Å². The molecule has 5 nitrogen and oxygen atoms in total. The molecule has 1 aliphatic heterocycles. The lowest BCUT2D eigenvalue weighted by Crippen LogP contribution is -2.52. The SMILES string of the molecule is C[C@H](Cc1ccc2ccccc2c1)NC(=O)N1CCO[C@@H](CO)C1. The number of nitrogens with zero attached hydrogens (tertiary/aromatic N) is 1. The van der Waals surface area contributed by atoms with Crippen molar-refractivity contribution in [2.45, 2.75) is 25.5 Å². The van der Waals surface area contributed by atoms with Crippen LogP contribution < -0.4 is 5.32 Å². The van der Waals surface area contributed by atoms with Gasteiger partial charge in [0.15, 0.2) is 0 Å². The number of carbonyl (C=O) groups excluding carboxylic acids is 1. The first-order valence-corrected chi connectivity index (χ1v) is 8.41. The van der Waals surface area contributed by atoms with Gasteiger partial charge in [0.05, 0.1) is 25.9 Å². The van der Waals surface area contributed by atoms with Crippen LogP contribution in [0.5, 0.6) is 0 Å². The van der Waals surface area contributed by atoms with Crippen molar-refractivity contribution in [1.82, 2.24) is 10.2 Å². The molecule has 1 saturated heterocycles. The molecule has 0 aliphatic carbocycles. The lowest BCUT2D eigenvalue weighted by atomic mass is 10.0. The quantitative estimate of drug-likeness (QED) is 0.904. The summed E-state index contributed by atoms with van der Waals surface area (Å²) in [7, 11) is 0. The van der Waals surface area contributed by atoms with Crippen LogP contribution in [0.3, 0.4) is 0 Å². The van der Waals surface area contributed by atoms with Crippen LogP contribution in [0.2, 0.25) is 0 Å². The lowest BCUT2D eigenvalue weighted by molar-refractivity contribution is -0.0404. The molecule has 0 saturated carbocycles. The Morgan fingerprint density at radius 1 is 1.33 bits per heavy atom. The second kappa shape index (κ2) is 7.64. The number of aliphatic hydroxyl groups excluding tert-OH is 1. The molecule has 128 valence electrons. The Bertz CT molecular complexity index is 704. The third kappa shape index (κ3) is 4.04. The number of morpholine rings is 1. The Balaban J connectivity index is 1.57. The van der Waals surface area contributed by atoms with Crippen LogP contribution in [0.4, 0.5) is 4.79 Å². The van der Waals surface area contributed by atoms with Crippen LogP contribution in [0, 0.1) is 0 Å². The molecule has 0 spiro atoms. The van der Waals surface area contributed by atoms with Gasteiger partial charge in [-0.3, -0.25) is 0 Å². The minimum absolute atomic E-state index is 0.0362. The van der Waals surface area contributed by atoms with E-state index < -0.39 is 0 Å². The number of carbonyl (C=O) groups is 1. The standard InChI is InChI=1S/C19H24N2O3/c1-14(20-19(23)21-8-9-24-18(12-21)13-22)10-15-6-7-16-4-2-3-5-17(16)11-15/h2-7,11,14,18,22H,8-10,12-13H2,1H3,(H,20,23)/t14-,18-/m1/s1. The van der Waals surface area contributed by atoms with E-state index in [1.165, 1.54) is 16.3 Å². The van der Waals surface area contributed by atoms with Gasteiger partial charge in [0.25, 0.3) is 0 Å². The average Bonchev–Trinajstić information content (AvgIpc) is 2.61. The van der Waals surface area contributed by atoms with E-state index in [0.29, 0.717) is 19.7 Å². The largest absolute Gasteiger partial charge is 0.394 e. The number of aliphatic hydroxyl groups is 1. The smallest absolute Gasteiger partial charge is 0.317 e. The summed E-state index contributed by atoms with van der Waals surface area (Å²) < 4.78 is 5.38. The number of ether oxygens (including phenoxy) is 1. The van der Waals surface area contributed by atoms with Crippen LogP contribution >= 0.6 is 0 Å². The molecule has 2 aromatic rings. The number of amides is 2. The summed E-state index contributed by atoms with van der Waals surface area (Å²) in [5, 5.41) is 14.6. The monoisotopic (exact) mass is 328 g/mol. The van der Waals surface area contributed by atoms with E-state index in [1.54, 1.807) is 4.90 Å². The van der Waals surface area contributed by atoms with Crippen molar-refractivity contribution >= 4 is 16.8 Å². The molecule has 0 unspecified atom stereocenters. The summed E-state index contributed by atoms with van der Waals surface area (Å²) in [6.45, 7) is 3.42. The Morgan fingerprint density at radius 3 is 2.92 bits per heavy atom. The molecule has 2 amide bonds. The molecule has 5 heteroatoms. The lowest BCUT2D eigenvalue weighted by Gasteiger charge is -2.32. The van der Waals surface area contributed by atoms with E-state index >= 15 is 0 Å². The van der Waals surface area contributed by atoms with Gasteiger partial charge < -0.3 is 20.1 Å². The van der Waals surface area contributed by atoms with Gasteiger partial charge in [0, 0.05) is 12.6 Å². The van der Waals surface area contributed by atoms with Gasteiger partial charge in [-0.2, -0.15) is 0 Å². The maximum absolute atomic E-state index is 12.4. The van der Waals surface area contributed by atoms with Gasteiger partial charge >= 0.3 is 6.03 Å². The summed E-state index contributed by atoms with van der Waals surface area (Å²) in [4.78, 5) is 14.1. The summed E-state index contributed by atoms with van der Waals surface area (Å²) in [5.41, 5.74) is 1.21. The van der Waals surface area contributed by atoms with E-state index in [1.807, 2.05) is 19.1 Å². The Morgan fingerprint density at radius 2 is 2.12 bits per heavy atom. The molecular weight excluding hydrogens is 304 g/mol. The molecule has 0 radical (unpaired) electrons.